The van der Waals surface area contributed by atoms with Gasteiger partial charge in [0.25, 0.3) is 0 Å². The molecule has 0 aliphatic heterocycles. The number of nitrogens with two attached hydrogens (primary N) is 1. The standard InChI is InChI=1S/C16H25N3O2/c1-10-7-11(2)14(12(3)8-10)18-13(20)9-19(6)15(21)16(4,5)17/h7-8H,9,17H2,1-6H3,(H,18,20). The molecule has 3 N–H and O–H groups in total. The molecule has 0 radical (unpaired) electrons. The predicted octanol–water partition coefficient (Wildman–Crippen LogP) is 1.75. The van der Waals surface area contributed by atoms with Gasteiger partial charge in [0, 0.05) is 12.7 Å². The summed E-state index contributed by atoms with van der Waals surface area (Å²) in [6.45, 7) is 9.14. The van der Waals surface area contributed by atoms with Crippen molar-refractivity contribution in [3.05, 3.63) is 28.8 Å². The second-order valence-electron chi connectivity index (χ2n) is 6.20. The zero-order valence-electron chi connectivity index (χ0n) is 13.7. The maximum absolute atomic E-state index is 12.1. The van der Waals surface area contributed by atoms with Crippen molar-refractivity contribution in [2.75, 3.05) is 18.9 Å². The van der Waals surface area contributed by atoms with Crippen LogP contribution in [0.3, 0.4) is 0 Å². The van der Waals surface area contributed by atoms with E-state index >= 15 is 0 Å². The zero-order valence-corrected chi connectivity index (χ0v) is 13.7. The Kier molecular flexibility index (Phi) is 5.12. The Labute approximate surface area is 126 Å². The number of likely N-dealkylation sites (N-methyl/N-ethyl adjacent to an activating group) is 1. The molecule has 1 aromatic rings. The average Bonchev–Trinajstić information content (AvgIpc) is 2.31. The van der Waals surface area contributed by atoms with Crippen LogP contribution in [0.15, 0.2) is 12.1 Å². The fourth-order valence-corrected chi connectivity index (χ4v) is 2.34. The Hall–Kier alpha value is -1.88. The van der Waals surface area contributed by atoms with Gasteiger partial charge in [0.15, 0.2) is 0 Å². The number of carbonyl (C=O) groups is 2. The molecule has 21 heavy (non-hydrogen) atoms. The molecule has 0 aliphatic carbocycles. The number of aryl methyl sites for hydroxylation is 3. The first-order valence-electron chi connectivity index (χ1n) is 6.94. The molecule has 0 atom stereocenters. The Morgan fingerprint density at radius 2 is 1.67 bits per heavy atom. The molecule has 0 bridgehead atoms. The highest BCUT2D eigenvalue weighted by atomic mass is 16.2. The molecule has 2 amide bonds. The third kappa shape index (κ3) is 4.56. The van der Waals surface area contributed by atoms with Crippen LogP contribution in [0.1, 0.15) is 30.5 Å². The van der Waals surface area contributed by atoms with E-state index in [1.165, 1.54) is 4.90 Å². The van der Waals surface area contributed by atoms with E-state index in [0.717, 1.165) is 22.4 Å². The monoisotopic (exact) mass is 291 g/mol. The van der Waals surface area contributed by atoms with Crippen LogP contribution in [0, 0.1) is 20.8 Å². The molecule has 0 saturated carbocycles. The number of benzene rings is 1. The van der Waals surface area contributed by atoms with Gasteiger partial charge in [-0.05, 0) is 45.7 Å². The van der Waals surface area contributed by atoms with E-state index in [0.29, 0.717) is 0 Å². The number of hydrogen-bond acceptors (Lipinski definition) is 3. The number of carbonyl (C=O) groups excluding carboxylic acids is 2. The van der Waals surface area contributed by atoms with Crippen molar-refractivity contribution >= 4 is 17.5 Å². The van der Waals surface area contributed by atoms with Gasteiger partial charge in [-0.2, -0.15) is 0 Å². The minimum atomic E-state index is -0.981. The summed E-state index contributed by atoms with van der Waals surface area (Å²) in [7, 11) is 1.57. The highest BCUT2D eigenvalue weighted by molar-refractivity contribution is 5.96. The fraction of sp³-hybridized carbons (Fsp3) is 0.500. The molecule has 116 valence electrons. The van der Waals surface area contributed by atoms with Crippen LogP contribution in [0.2, 0.25) is 0 Å². The largest absolute Gasteiger partial charge is 0.335 e. The highest BCUT2D eigenvalue weighted by Crippen LogP contribution is 2.21. The summed E-state index contributed by atoms with van der Waals surface area (Å²) in [6, 6.07) is 4.03. The normalized spacial score (nSPS) is 11.2. The van der Waals surface area contributed by atoms with Crippen LogP contribution >= 0.6 is 0 Å². The minimum Gasteiger partial charge on any atom is -0.335 e. The summed E-state index contributed by atoms with van der Waals surface area (Å²) >= 11 is 0. The number of anilines is 1. The average molecular weight is 291 g/mol. The van der Waals surface area contributed by atoms with E-state index in [1.807, 2.05) is 32.9 Å². The van der Waals surface area contributed by atoms with E-state index < -0.39 is 5.54 Å². The van der Waals surface area contributed by atoms with Gasteiger partial charge in [-0.15, -0.1) is 0 Å². The maximum Gasteiger partial charge on any atom is 0.243 e. The Morgan fingerprint density at radius 3 is 2.10 bits per heavy atom. The predicted molar refractivity (Wildman–Crippen MR) is 85.2 cm³/mol. The quantitative estimate of drug-likeness (QED) is 0.887. The van der Waals surface area contributed by atoms with Gasteiger partial charge in [0.2, 0.25) is 11.8 Å². The number of rotatable bonds is 4. The molecule has 1 aromatic carbocycles. The molecule has 5 nitrogen and oxygen atoms in total. The molecule has 0 heterocycles. The molecule has 0 aromatic heterocycles. The van der Waals surface area contributed by atoms with Crippen LogP contribution < -0.4 is 11.1 Å². The van der Waals surface area contributed by atoms with Gasteiger partial charge < -0.3 is 16.0 Å². The molecule has 0 unspecified atom stereocenters. The van der Waals surface area contributed by atoms with E-state index in [4.69, 9.17) is 5.73 Å². The van der Waals surface area contributed by atoms with Crippen LogP contribution in [0.25, 0.3) is 0 Å². The summed E-state index contributed by atoms with van der Waals surface area (Å²) in [5, 5.41) is 2.87. The topological polar surface area (TPSA) is 75.4 Å². The molecule has 0 saturated heterocycles. The summed E-state index contributed by atoms with van der Waals surface area (Å²) in [5.74, 6) is -0.500. The third-order valence-electron chi connectivity index (χ3n) is 3.22. The minimum absolute atomic E-state index is 0.0216. The second-order valence-corrected chi connectivity index (χ2v) is 6.20. The van der Waals surface area contributed by atoms with Crippen LogP contribution in [0.4, 0.5) is 5.69 Å². The molecular formula is C16H25N3O2. The van der Waals surface area contributed by atoms with Crippen LogP contribution in [0.5, 0.6) is 0 Å². The van der Waals surface area contributed by atoms with Gasteiger partial charge in [0.05, 0.1) is 12.1 Å². The molecule has 1 rings (SSSR count). The van der Waals surface area contributed by atoms with Gasteiger partial charge in [-0.1, -0.05) is 17.7 Å². The van der Waals surface area contributed by atoms with Crippen molar-refractivity contribution in [3.8, 4) is 0 Å². The summed E-state index contributed by atoms with van der Waals surface area (Å²) in [5.41, 5.74) is 8.74. The van der Waals surface area contributed by atoms with Gasteiger partial charge in [0.1, 0.15) is 0 Å². The lowest BCUT2D eigenvalue weighted by Gasteiger charge is -2.25. The molecule has 5 heteroatoms. The lowest BCUT2D eigenvalue weighted by Crippen LogP contribution is -2.51. The van der Waals surface area contributed by atoms with Crippen molar-refractivity contribution in [2.24, 2.45) is 5.73 Å². The lowest BCUT2D eigenvalue weighted by molar-refractivity contribution is -0.137. The van der Waals surface area contributed by atoms with Crippen LogP contribution in [-0.4, -0.2) is 35.8 Å². The molecule has 0 aliphatic rings. The van der Waals surface area contributed by atoms with Gasteiger partial charge >= 0.3 is 0 Å². The third-order valence-corrected chi connectivity index (χ3v) is 3.22. The van der Waals surface area contributed by atoms with Crippen molar-refractivity contribution in [2.45, 2.75) is 40.2 Å². The zero-order chi connectivity index (χ0) is 16.4. The van der Waals surface area contributed by atoms with E-state index in [-0.39, 0.29) is 18.4 Å². The van der Waals surface area contributed by atoms with E-state index in [9.17, 15) is 9.59 Å². The molecule has 0 spiro atoms. The summed E-state index contributed by atoms with van der Waals surface area (Å²) in [6.07, 6.45) is 0. The Morgan fingerprint density at radius 1 is 1.19 bits per heavy atom. The first kappa shape index (κ1) is 17.2. The smallest absolute Gasteiger partial charge is 0.243 e. The fourth-order valence-electron chi connectivity index (χ4n) is 2.34. The molecule has 0 fully saturated rings. The Balaban J connectivity index is 2.78. The van der Waals surface area contributed by atoms with Gasteiger partial charge in [-0.25, -0.2) is 0 Å². The first-order chi connectivity index (χ1) is 9.52. The van der Waals surface area contributed by atoms with E-state index in [2.05, 4.69) is 5.32 Å². The second kappa shape index (κ2) is 6.26. The first-order valence-corrected chi connectivity index (χ1v) is 6.94. The van der Waals surface area contributed by atoms with Gasteiger partial charge in [-0.3, -0.25) is 9.59 Å². The SMILES string of the molecule is Cc1cc(C)c(NC(=O)CN(C)C(=O)C(C)(C)N)c(C)c1. The summed E-state index contributed by atoms with van der Waals surface area (Å²) < 4.78 is 0. The Bertz CT molecular complexity index is 536. The highest BCUT2D eigenvalue weighted by Gasteiger charge is 2.26. The van der Waals surface area contributed by atoms with Crippen LogP contribution in [-0.2, 0) is 9.59 Å². The molecular weight excluding hydrogens is 266 g/mol. The van der Waals surface area contributed by atoms with E-state index in [1.54, 1.807) is 20.9 Å². The summed E-state index contributed by atoms with van der Waals surface area (Å²) in [4.78, 5) is 25.4. The van der Waals surface area contributed by atoms with Crippen molar-refractivity contribution in [1.82, 2.24) is 4.90 Å². The van der Waals surface area contributed by atoms with Crippen molar-refractivity contribution < 1.29 is 9.59 Å². The van der Waals surface area contributed by atoms with Crippen molar-refractivity contribution in [3.63, 3.8) is 0 Å². The number of hydrogen-bond donors (Lipinski definition) is 2. The number of amides is 2. The lowest BCUT2D eigenvalue weighted by atomic mass is 10.0. The maximum atomic E-state index is 12.1. The number of nitrogens with one attached hydrogen (secondary N) is 1. The number of nitrogens with zero attached hydrogens (tertiary/aromatic N) is 1. The van der Waals surface area contributed by atoms with Crippen molar-refractivity contribution in [1.29, 1.82) is 0 Å².